The molecule has 2 nitrogen and oxygen atoms in total. The molecule has 2 aliphatic rings. The van der Waals surface area contributed by atoms with Crippen LogP contribution in [0.4, 0.5) is 0 Å². The minimum atomic E-state index is 0.565. The Morgan fingerprint density at radius 3 is 2.33 bits per heavy atom. The van der Waals surface area contributed by atoms with E-state index in [-0.39, 0.29) is 0 Å². The van der Waals surface area contributed by atoms with Crippen LogP contribution in [0, 0.1) is 5.92 Å². The molecule has 0 atom stereocenters. The molecule has 1 saturated carbocycles. The van der Waals surface area contributed by atoms with Crippen LogP contribution >= 0.6 is 0 Å². The number of nitrogens with zero attached hydrogens (tertiary/aromatic N) is 1. The number of hydrogen-bond acceptors (Lipinski definition) is 2. The third-order valence-corrected chi connectivity index (χ3v) is 3.79. The Balaban J connectivity index is 1.61. The zero-order chi connectivity index (χ0) is 10.7. The molecule has 0 radical (unpaired) electrons. The molecule has 0 aromatic carbocycles. The predicted octanol–water partition coefficient (Wildman–Crippen LogP) is 2.68. The molecule has 0 aromatic rings. The minimum absolute atomic E-state index is 0.565. The highest BCUT2D eigenvalue weighted by atomic mass is 16.5. The van der Waals surface area contributed by atoms with Gasteiger partial charge in [-0.1, -0.05) is 13.8 Å². The lowest BCUT2D eigenvalue weighted by molar-refractivity contribution is -0.0904. The Morgan fingerprint density at radius 1 is 1.13 bits per heavy atom. The first-order valence-electron chi connectivity index (χ1n) is 6.65. The van der Waals surface area contributed by atoms with Crippen LogP contribution in [0.2, 0.25) is 0 Å². The van der Waals surface area contributed by atoms with Crippen molar-refractivity contribution < 1.29 is 4.74 Å². The summed E-state index contributed by atoms with van der Waals surface area (Å²) in [6, 6.07) is 0. The van der Waals surface area contributed by atoms with Gasteiger partial charge in [-0.05, 0) is 44.6 Å². The van der Waals surface area contributed by atoms with E-state index < -0.39 is 0 Å². The van der Waals surface area contributed by atoms with Crippen molar-refractivity contribution in [1.29, 1.82) is 0 Å². The summed E-state index contributed by atoms with van der Waals surface area (Å²) in [5.41, 5.74) is 0. The van der Waals surface area contributed by atoms with Crippen LogP contribution in [0.1, 0.15) is 46.0 Å². The molecule has 0 aromatic heterocycles. The molecule has 2 heteroatoms. The highest BCUT2D eigenvalue weighted by molar-refractivity contribution is 4.80. The van der Waals surface area contributed by atoms with Gasteiger partial charge < -0.3 is 9.64 Å². The van der Waals surface area contributed by atoms with Crippen molar-refractivity contribution in [1.82, 2.24) is 4.90 Å². The fraction of sp³-hybridized carbons (Fsp3) is 1.00. The molecule has 15 heavy (non-hydrogen) atoms. The summed E-state index contributed by atoms with van der Waals surface area (Å²) in [6.45, 7) is 8.36. The molecule has 1 aliphatic carbocycles. The first-order valence-corrected chi connectivity index (χ1v) is 6.65. The Labute approximate surface area is 94.0 Å². The number of likely N-dealkylation sites (tertiary alicyclic amines) is 1. The fourth-order valence-electron chi connectivity index (χ4n) is 2.80. The van der Waals surface area contributed by atoms with E-state index in [0.717, 1.165) is 5.92 Å². The number of rotatable bonds is 4. The van der Waals surface area contributed by atoms with Crippen LogP contribution < -0.4 is 0 Å². The van der Waals surface area contributed by atoms with Crippen molar-refractivity contribution in [3.63, 3.8) is 0 Å². The molecule has 0 unspecified atom stereocenters. The molecule has 0 bridgehead atoms. The van der Waals surface area contributed by atoms with Crippen molar-refractivity contribution in [3.8, 4) is 0 Å². The number of piperidine rings is 1. The van der Waals surface area contributed by atoms with Gasteiger partial charge >= 0.3 is 0 Å². The van der Waals surface area contributed by atoms with Gasteiger partial charge in [0.25, 0.3) is 0 Å². The first kappa shape index (κ1) is 11.4. The Kier molecular flexibility index (Phi) is 4.04. The average Bonchev–Trinajstić information content (AvgIpc) is 2.19. The van der Waals surface area contributed by atoms with Crippen LogP contribution in [0.25, 0.3) is 0 Å². The summed E-state index contributed by atoms with van der Waals surface area (Å²) < 4.78 is 6.10. The highest BCUT2D eigenvalue weighted by Gasteiger charge is 2.29. The third kappa shape index (κ3) is 3.18. The van der Waals surface area contributed by atoms with Gasteiger partial charge in [0.2, 0.25) is 0 Å². The molecule has 1 heterocycles. The summed E-state index contributed by atoms with van der Waals surface area (Å²) in [6.07, 6.45) is 7.56. The quantitative estimate of drug-likeness (QED) is 0.709. The van der Waals surface area contributed by atoms with Crippen LogP contribution in [-0.4, -0.2) is 36.7 Å². The van der Waals surface area contributed by atoms with E-state index in [9.17, 15) is 0 Å². The van der Waals surface area contributed by atoms with Gasteiger partial charge in [0.05, 0.1) is 12.2 Å². The zero-order valence-electron chi connectivity index (χ0n) is 10.2. The van der Waals surface area contributed by atoms with Crippen molar-refractivity contribution in [3.05, 3.63) is 0 Å². The van der Waals surface area contributed by atoms with Crippen molar-refractivity contribution >= 4 is 0 Å². The molecule has 88 valence electrons. The van der Waals surface area contributed by atoms with Gasteiger partial charge in [-0.25, -0.2) is 0 Å². The second-order valence-electron chi connectivity index (χ2n) is 5.38. The maximum absolute atomic E-state index is 6.10. The van der Waals surface area contributed by atoms with E-state index in [2.05, 4.69) is 18.7 Å². The normalized spacial score (nSPS) is 34.0. The molecular weight excluding hydrogens is 186 g/mol. The van der Waals surface area contributed by atoms with Gasteiger partial charge in [-0.15, -0.1) is 0 Å². The molecule has 1 saturated heterocycles. The van der Waals surface area contributed by atoms with Gasteiger partial charge in [-0.3, -0.25) is 0 Å². The summed E-state index contributed by atoms with van der Waals surface area (Å²) >= 11 is 0. The van der Waals surface area contributed by atoms with Crippen molar-refractivity contribution in [2.75, 3.05) is 19.6 Å². The summed E-state index contributed by atoms with van der Waals surface area (Å²) in [4.78, 5) is 2.57. The third-order valence-electron chi connectivity index (χ3n) is 3.79. The Bertz CT molecular complexity index is 181. The van der Waals surface area contributed by atoms with Crippen molar-refractivity contribution in [2.24, 2.45) is 5.92 Å². The molecule has 0 amide bonds. The Morgan fingerprint density at radius 2 is 1.80 bits per heavy atom. The molecular formula is C13H25NO. The topological polar surface area (TPSA) is 12.5 Å². The lowest BCUT2D eigenvalue weighted by Gasteiger charge is -2.38. The standard InChI is InChI=1S/C13H25NO/c1-3-6-14-7-4-12(5-8-14)15-13-9-11(2)10-13/h11-13H,3-10H2,1-2H3/t11-,13+. The molecule has 2 rings (SSSR count). The van der Waals surface area contributed by atoms with E-state index in [1.54, 1.807) is 0 Å². The van der Waals surface area contributed by atoms with Crippen LogP contribution in [0.5, 0.6) is 0 Å². The number of ether oxygens (including phenoxy) is 1. The predicted molar refractivity (Wildman–Crippen MR) is 63.0 cm³/mol. The van der Waals surface area contributed by atoms with Crippen LogP contribution in [-0.2, 0) is 4.74 Å². The number of hydrogen-bond donors (Lipinski definition) is 0. The minimum Gasteiger partial charge on any atom is -0.375 e. The summed E-state index contributed by atoms with van der Waals surface area (Å²) in [7, 11) is 0. The smallest absolute Gasteiger partial charge is 0.0603 e. The fourth-order valence-corrected chi connectivity index (χ4v) is 2.80. The SMILES string of the molecule is CCCN1CCC(O[C@H]2C[C@@H](C)C2)CC1. The zero-order valence-corrected chi connectivity index (χ0v) is 10.2. The van der Waals surface area contributed by atoms with Gasteiger partial charge in [0.1, 0.15) is 0 Å². The van der Waals surface area contributed by atoms with Gasteiger partial charge in [-0.2, -0.15) is 0 Å². The van der Waals surface area contributed by atoms with Crippen LogP contribution in [0.15, 0.2) is 0 Å². The first-order chi connectivity index (χ1) is 7.28. The van der Waals surface area contributed by atoms with E-state index in [0.29, 0.717) is 12.2 Å². The maximum Gasteiger partial charge on any atom is 0.0603 e. The summed E-state index contributed by atoms with van der Waals surface area (Å²) in [5.74, 6) is 0.912. The second kappa shape index (κ2) is 5.31. The van der Waals surface area contributed by atoms with Crippen LogP contribution in [0.3, 0.4) is 0 Å². The maximum atomic E-state index is 6.10. The molecule has 0 N–H and O–H groups in total. The molecule has 1 aliphatic heterocycles. The molecule has 0 spiro atoms. The lowest BCUT2D eigenvalue weighted by atomic mass is 9.84. The van der Waals surface area contributed by atoms with Gasteiger partial charge in [0.15, 0.2) is 0 Å². The highest BCUT2D eigenvalue weighted by Crippen LogP contribution is 2.31. The lowest BCUT2D eigenvalue weighted by Crippen LogP contribution is -2.41. The van der Waals surface area contributed by atoms with E-state index >= 15 is 0 Å². The molecule has 2 fully saturated rings. The van der Waals surface area contributed by atoms with Gasteiger partial charge in [0, 0.05) is 13.1 Å². The van der Waals surface area contributed by atoms with Crippen molar-refractivity contribution in [2.45, 2.75) is 58.2 Å². The van der Waals surface area contributed by atoms with E-state index in [1.165, 1.54) is 51.7 Å². The second-order valence-corrected chi connectivity index (χ2v) is 5.38. The van der Waals surface area contributed by atoms with E-state index in [4.69, 9.17) is 4.74 Å². The monoisotopic (exact) mass is 211 g/mol. The summed E-state index contributed by atoms with van der Waals surface area (Å²) in [5, 5.41) is 0. The Hall–Kier alpha value is -0.0800. The largest absolute Gasteiger partial charge is 0.375 e. The van der Waals surface area contributed by atoms with E-state index in [1.807, 2.05) is 0 Å². The average molecular weight is 211 g/mol.